The summed E-state index contributed by atoms with van der Waals surface area (Å²) in [6.07, 6.45) is 3.71. The summed E-state index contributed by atoms with van der Waals surface area (Å²) in [5.74, 6) is -0.0281. The van der Waals surface area contributed by atoms with Crippen molar-refractivity contribution in [1.29, 1.82) is 0 Å². The Labute approximate surface area is 143 Å². The van der Waals surface area contributed by atoms with Crippen LogP contribution in [0.5, 0.6) is 0 Å². The zero-order chi connectivity index (χ0) is 17.7. The summed E-state index contributed by atoms with van der Waals surface area (Å²) in [5.41, 5.74) is 1.30. The predicted molar refractivity (Wildman–Crippen MR) is 93.3 cm³/mol. The zero-order valence-corrected chi connectivity index (χ0v) is 15.2. The highest BCUT2D eigenvalue weighted by Gasteiger charge is 2.27. The summed E-state index contributed by atoms with van der Waals surface area (Å²) in [6, 6.07) is 0.0392. The van der Waals surface area contributed by atoms with Gasteiger partial charge in [0.15, 0.2) is 5.82 Å². The summed E-state index contributed by atoms with van der Waals surface area (Å²) in [6.45, 7) is 6.10. The molecule has 24 heavy (non-hydrogen) atoms. The minimum Gasteiger partial charge on any atom is -0.351 e. The van der Waals surface area contributed by atoms with Gasteiger partial charge < -0.3 is 20.1 Å². The molecule has 0 aliphatic carbocycles. The molecule has 0 saturated heterocycles. The molecule has 1 aliphatic heterocycles. The van der Waals surface area contributed by atoms with Crippen molar-refractivity contribution >= 4 is 11.8 Å². The molecule has 0 fully saturated rings. The monoisotopic (exact) mass is 335 g/mol. The van der Waals surface area contributed by atoms with Crippen LogP contribution in [0, 0.1) is 0 Å². The average molecular weight is 335 g/mol. The van der Waals surface area contributed by atoms with E-state index in [-0.39, 0.29) is 17.9 Å². The van der Waals surface area contributed by atoms with Gasteiger partial charge in [-0.15, -0.1) is 0 Å². The van der Waals surface area contributed by atoms with Crippen LogP contribution in [0.25, 0.3) is 0 Å². The van der Waals surface area contributed by atoms with E-state index < -0.39 is 0 Å². The van der Waals surface area contributed by atoms with E-state index in [4.69, 9.17) is 0 Å². The number of rotatable bonds is 7. The summed E-state index contributed by atoms with van der Waals surface area (Å²) in [7, 11) is 4.01. The van der Waals surface area contributed by atoms with Gasteiger partial charge in [-0.25, -0.2) is 4.98 Å². The van der Waals surface area contributed by atoms with Crippen molar-refractivity contribution in [3.05, 3.63) is 17.2 Å². The van der Waals surface area contributed by atoms with Crippen LogP contribution in [-0.4, -0.2) is 59.5 Å². The van der Waals surface area contributed by atoms with Gasteiger partial charge in [-0.05, 0) is 60.2 Å². The van der Waals surface area contributed by atoms with Crippen LogP contribution >= 0.6 is 0 Å². The van der Waals surface area contributed by atoms with Gasteiger partial charge in [-0.1, -0.05) is 0 Å². The number of imidazole rings is 1. The maximum absolute atomic E-state index is 12.5. The Kier molecular flexibility index (Phi) is 6.36. The fourth-order valence-corrected chi connectivity index (χ4v) is 2.91. The maximum Gasteiger partial charge on any atom is 0.287 e. The van der Waals surface area contributed by atoms with E-state index in [1.807, 2.05) is 32.5 Å². The highest BCUT2D eigenvalue weighted by Crippen LogP contribution is 2.21. The number of nitrogens with one attached hydrogen (secondary N) is 2. The van der Waals surface area contributed by atoms with Crippen molar-refractivity contribution in [2.24, 2.45) is 0 Å². The van der Waals surface area contributed by atoms with Crippen LogP contribution in [0.15, 0.2) is 0 Å². The highest BCUT2D eigenvalue weighted by atomic mass is 16.2. The van der Waals surface area contributed by atoms with Crippen molar-refractivity contribution in [1.82, 2.24) is 25.1 Å². The average Bonchev–Trinajstić information content (AvgIpc) is 2.90. The van der Waals surface area contributed by atoms with E-state index in [1.165, 1.54) is 0 Å². The number of fused-ring (bicyclic) bond motifs is 1. The first kappa shape index (κ1) is 18.4. The fraction of sp³-hybridized carbons (Fsp3) is 0.706. The molecule has 134 valence electrons. The lowest BCUT2D eigenvalue weighted by Gasteiger charge is -2.17. The van der Waals surface area contributed by atoms with Crippen molar-refractivity contribution in [3.63, 3.8) is 0 Å². The molecule has 0 unspecified atom stereocenters. The lowest BCUT2D eigenvalue weighted by Crippen LogP contribution is -2.33. The van der Waals surface area contributed by atoms with Crippen LogP contribution in [0.2, 0.25) is 0 Å². The predicted octanol–water partition coefficient (Wildman–Crippen LogP) is 1.04. The Balaban J connectivity index is 2.13. The number of hydrogen-bond acceptors (Lipinski definition) is 4. The molecule has 2 rings (SSSR count). The maximum atomic E-state index is 12.5. The first-order valence-electron chi connectivity index (χ1n) is 8.73. The molecule has 7 heteroatoms. The molecule has 2 N–H and O–H groups in total. The molecule has 0 atom stereocenters. The highest BCUT2D eigenvalue weighted by molar-refractivity contribution is 5.97. The van der Waals surface area contributed by atoms with E-state index in [2.05, 4.69) is 20.5 Å². The summed E-state index contributed by atoms with van der Waals surface area (Å²) in [5, 5.41) is 5.79. The molecule has 0 spiro atoms. The number of aromatic nitrogens is 2. The second-order valence-corrected chi connectivity index (χ2v) is 6.88. The van der Waals surface area contributed by atoms with Gasteiger partial charge in [0.1, 0.15) is 5.69 Å². The van der Waals surface area contributed by atoms with Crippen LogP contribution in [-0.2, 0) is 13.0 Å². The molecule has 1 aromatic rings. The molecule has 0 radical (unpaired) electrons. The summed E-state index contributed by atoms with van der Waals surface area (Å²) >= 11 is 0. The standard InChI is InChI=1S/C17H29N5O2/c1-12(2)19-17(24)15-20-14(13-8-5-6-11-22(13)15)16(23)18-9-7-10-21(3)4/h12H,5-11H2,1-4H3,(H,18,23)(H,19,24). The molecular formula is C17H29N5O2. The van der Waals surface area contributed by atoms with E-state index in [0.717, 1.165) is 44.5 Å². The third-order valence-corrected chi connectivity index (χ3v) is 4.02. The Hall–Kier alpha value is -1.89. The van der Waals surface area contributed by atoms with Gasteiger partial charge in [-0.3, -0.25) is 9.59 Å². The molecule has 0 aromatic carbocycles. The summed E-state index contributed by atoms with van der Waals surface area (Å²) in [4.78, 5) is 31.3. The van der Waals surface area contributed by atoms with E-state index >= 15 is 0 Å². The normalized spacial score (nSPS) is 13.9. The van der Waals surface area contributed by atoms with Crippen molar-refractivity contribution in [2.75, 3.05) is 27.2 Å². The smallest absolute Gasteiger partial charge is 0.287 e. The van der Waals surface area contributed by atoms with Gasteiger partial charge in [-0.2, -0.15) is 0 Å². The Morgan fingerprint density at radius 3 is 2.67 bits per heavy atom. The van der Waals surface area contributed by atoms with Crippen LogP contribution < -0.4 is 10.6 Å². The van der Waals surface area contributed by atoms with Crippen LogP contribution in [0.1, 0.15) is 59.9 Å². The Morgan fingerprint density at radius 1 is 1.25 bits per heavy atom. The molecule has 2 amide bonds. The van der Waals surface area contributed by atoms with Gasteiger partial charge in [0, 0.05) is 19.1 Å². The van der Waals surface area contributed by atoms with Crippen molar-refractivity contribution in [2.45, 2.75) is 52.1 Å². The third-order valence-electron chi connectivity index (χ3n) is 4.02. The molecule has 1 aromatic heterocycles. The van der Waals surface area contributed by atoms with Crippen molar-refractivity contribution in [3.8, 4) is 0 Å². The Bertz CT molecular complexity index is 592. The van der Waals surface area contributed by atoms with Crippen LogP contribution in [0.4, 0.5) is 0 Å². The quantitative estimate of drug-likeness (QED) is 0.730. The third kappa shape index (κ3) is 4.56. The Morgan fingerprint density at radius 2 is 2.00 bits per heavy atom. The number of carbonyl (C=O) groups is 2. The van der Waals surface area contributed by atoms with Gasteiger partial charge in [0.2, 0.25) is 0 Å². The molecule has 0 saturated carbocycles. The van der Waals surface area contributed by atoms with Gasteiger partial charge >= 0.3 is 0 Å². The van der Waals surface area contributed by atoms with Gasteiger partial charge in [0.25, 0.3) is 11.8 Å². The number of carbonyl (C=O) groups excluding carboxylic acids is 2. The SMILES string of the molecule is CC(C)NC(=O)c1nc(C(=O)NCCCN(C)C)c2n1CCCC2. The minimum atomic E-state index is -0.209. The van der Waals surface area contributed by atoms with E-state index in [9.17, 15) is 9.59 Å². The number of nitrogens with zero attached hydrogens (tertiary/aromatic N) is 3. The molecular weight excluding hydrogens is 306 g/mol. The lowest BCUT2D eigenvalue weighted by atomic mass is 10.1. The topological polar surface area (TPSA) is 79.3 Å². The first-order valence-corrected chi connectivity index (χ1v) is 8.73. The minimum absolute atomic E-state index is 0.0392. The zero-order valence-electron chi connectivity index (χ0n) is 15.2. The van der Waals surface area contributed by atoms with E-state index in [1.54, 1.807) is 0 Å². The molecule has 1 aliphatic rings. The van der Waals surface area contributed by atoms with Crippen molar-refractivity contribution < 1.29 is 9.59 Å². The number of amides is 2. The first-order chi connectivity index (χ1) is 11.4. The molecule has 7 nitrogen and oxygen atoms in total. The van der Waals surface area contributed by atoms with Crippen LogP contribution in [0.3, 0.4) is 0 Å². The van der Waals surface area contributed by atoms with Gasteiger partial charge in [0.05, 0.1) is 5.69 Å². The summed E-state index contributed by atoms with van der Waals surface area (Å²) < 4.78 is 1.91. The largest absolute Gasteiger partial charge is 0.351 e. The van der Waals surface area contributed by atoms with E-state index in [0.29, 0.717) is 18.1 Å². The number of hydrogen-bond donors (Lipinski definition) is 2. The fourth-order valence-electron chi connectivity index (χ4n) is 2.91. The second-order valence-electron chi connectivity index (χ2n) is 6.88. The lowest BCUT2D eigenvalue weighted by molar-refractivity contribution is 0.0927. The second kappa shape index (κ2) is 8.28. The molecule has 0 bridgehead atoms. The molecule has 2 heterocycles.